The molecular formula is C25H31N3O3. The maximum atomic E-state index is 13.2. The van der Waals surface area contributed by atoms with Gasteiger partial charge >= 0.3 is 6.09 Å². The summed E-state index contributed by atoms with van der Waals surface area (Å²) in [5.41, 5.74) is 8.38. The lowest BCUT2D eigenvalue weighted by atomic mass is 9.58. The zero-order valence-electron chi connectivity index (χ0n) is 17.8. The van der Waals surface area contributed by atoms with E-state index in [9.17, 15) is 9.59 Å². The van der Waals surface area contributed by atoms with Gasteiger partial charge in [-0.2, -0.15) is 0 Å². The predicted molar refractivity (Wildman–Crippen MR) is 120 cm³/mol. The zero-order valence-corrected chi connectivity index (χ0v) is 17.8. The molecule has 6 nitrogen and oxygen atoms in total. The third-order valence-electron chi connectivity index (χ3n) is 6.66. The van der Waals surface area contributed by atoms with Gasteiger partial charge < -0.3 is 21.1 Å². The Balaban J connectivity index is 1.42. The molecule has 0 spiro atoms. The number of benzene rings is 2. The van der Waals surface area contributed by atoms with Crippen molar-refractivity contribution in [3.63, 3.8) is 0 Å². The number of nitrogens with two attached hydrogens (primary N) is 1. The topological polar surface area (TPSA) is 93.5 Å². The Morgan fingerprint density at radius 3 is 2.45 bits per heavy atom. The molecule has 2 fully saturated rings. The van der Waals surface area contributed by atoms with Crippen LogP contribution < -0.4 is 16.4 Å². The number of fused-ring (bicyclic) bond motifs is 1. The largest absolute Gasteiger partial charge is 0.445 e. The molecule has 4 atom stereocenters. The first-order valence-electron chi connectivity index (χ1n) is 11.2. The lowest BCUT2D eigenvalue weighted by molar-refractivity contribution is -0.131. The average Bonchev–Trinajstić information content (AvgIpc) is 2.99. The SMILES string of the molecule is NCc1cccc(NC(=O)[C@H]2[C@H]3CCCCC[C@H]3[C@H]2NC(=O)OCc2ccccc2)c1. The fourth-order valence-electron chi connectivity index (χ4n) is 5.10. The highest BCUT2D eigenvalue weighted by Crippen LogP contribution is 2.49. The summed E-state index contributed by atoms with van der Waals surface area (Å²) in [5, 5.41) is 6.06. The molecular weight excluding hydrogens is 390 g/mol. The van der Waals surface area contributed by atoms with E-state index in [0.717, 1.165) is 42.5 Å². The van der Waals surface area contributed by atoms with Crippen molar-refractivity contribution in [3.8, 4) is 0 Å². The smallest absolute Gasteiger partial charge is 0.407 e. The number of anilines is 1. The van der Waals surface area contributed by atoms with Gasteiger partial charge in [-0.25, -0.2) is 4.79 Å². The number of hydrogen-bond acceptors (Lipinski definition) is 4. The van der Waals surface area contributed by atoms with Crippen LogP contribution in [0, 0.1) is 17.8 Å². The maximum absolute atomic E-state index is 13.2. The van der Waals surface area contributed by atoms with Gasteiger partial charge in [0.25, 0.3) is 0 Å². The second-order valence-corrected chi connectivity index (χ2v) is 8.62. The quantitative estimate of drug-likeness (QED) is 0.651. The summed E-state index contributed by atoms with van der Waals surface area (Å²) in [6.07, 6.45) is 5.08. The lowest BCUT2D eigenvalue weighted by Crippen LogP contribution is -2.63. The Bertz CT molecular complexity index is 902. The molecule has 4 rings (SSSR count). The van der Waals surface area contributed by atoms with Crippen LogP contribution in [0.25, 0.3) is 0 Å². The van der Waals surface area contributed by atoms with Crippen LogP contribution in [0.1, 0.15) is 43.2 Å². The van der Waals surface area contributed by atoms with E-state index in [0.29, 0.717) is 18.4 Å². The van der Waals surface area contributed by atoms with E-state index in [1.54, 1.807) is 0 Å². The maximum Gasteiger partial charge on any atom is 0.407 e. The van der Waals surface area contributed by atoms with Crippen LogP contribution in [0.4, 0.5) is 10.5 Å². The summed E-state index contributed by atoms with van der Waals surface area (Å²) < 4.78 is 5.43. The van der Waals surface area contributed by atoms with Crippen LogP contribution >= 0.6 is 0 Å². The minimum Gasteiger partial charge on any atom is -0.445 e. The first kappa shape index (κ1) is 21.4. The number of carbonyl (C=O) groups excluding carboxylic acids is 2. The van der Waals surface area contributed by atoms with Crippen LogP contribution in [-0.4, -0.2) is 18.0 Å². The van der Waals surface area contributed by atoms with E-state index < -0.39 is 6.09 Å². The van der Waals surface area contributed by atoms with Gasteiger partial charge in [-0.05, 0) is 47.9 Å². The summed E-state index contributed by atoms with van der Waals surface area (Å²) in [4.78, 5) is 25.7. The Hall–Kier alpha value is -2.86. The number of carbonyl (C=O) groups is 2. The van der Waals surface area contributed by atoms with E-state index in [1.165, 1.54) is 6.42 Å². The van der Waals surface area contributed by atoms with Crippen molar-refractivity contribution in [2.75, 3.05) is 5.32 Å². The molecule has 0 heterocycles. The molecule has 0 aliphatic heterocycles. The highest BCUT2D eigenvalue weighted by Gasteiger charge is 2.54. The van der Waals surface area contributed by atoms with E-state index in [-0.39, 0.29) is 24.5 Å². The molecule has 2 aromatic rings. The molecule has 2 saturated carbocycles. The van der Waals surface area contributed by atoms with Gasteiger partial charge in [0.1, 0.15) is 6.61 Å². The first-order valence-corrected chi connectivity index (χ1v) is 11.2. The molecule has 6 heteroatoms. The molecule has 164 valence electrons. The van der Waals surface area contributed by atoms with Crippen molar-refractivity contribution < 1.29 is 14.3 Å². The summed E-state index contributed by atoms with van der Waals surface area (Å²) in [5.74, 6) is 0.358. The fourth-order valence-corrected chi connectivity index (χ4v) is 5.10. The summed E-state index contributed by atoms with van der Waals surface area (Å²) >= 11 is 0. The Kier molecular flexibility index (Phi) is 6.87. The Labute approximate surface area is 183 Å². The Morgan fingerprint density at radius 2 is 1.68 bits per heavy atom. The molecule has 0 saturated heterocycles. The van der Waals surface area contributed by atoms with Gasteiger partial charge in [0.05, 0.1) is 5.92 Å². The van der Waals surface area contributed by atoms with Gasteiger partial charge in [-0.15, -0.1) is 0 Å². The highest BCUT2D eigenvalue weighted by molar-refractivity contribution is 5.94. The summed E-state index contributed by atoms with van der Waals surface area (Å²) in [6, 6.07) is 17.0. The second-order valence-electron chi connectivity index (χ2n) is 8.62. The normalized spacial score (nSPS) is 24.8. The molecule has 2 amide bonds. The van der Waals surface area contributed by atoms with E-state index >= 15 is 0 Å². The summed E-state index contributed by atoms with van der Waals surface area (Å²) in [6.45, 7) is 0.644. The highest BCUT2D eigenvalue weighted by atomic mass is 16.5. The molecule has 2 aromatic carbocycles. The van der Waals surface area contributed by atoms with Crippen LogP contribution in [0.2, 0.25) is 0 Å². The molecule has 0 unspecified atom stereocenters. The zero-order chi connectivity index (χ0) is 21.6. The van der Waals surface area contributed by atoms with Crippen LogP contribution in [0.15, 0.2) is 54.6 Å². The van der Waals surface area contributed by atoms with E-state index in [4.69, 9.17) is 10.5 Å². The third kappa shape index (κ3) is 5.07. The van der Waals surface area contributed by atoms with Gasteiger partial charge in [0.15, 0.2) is 0 Å². The van der Waals surface area contributed by atoms with E-state index in [2.05, 4.69) is 10.6 Å². The molecule has 0 aromatic heterocycles. The minimum atomic E-state index is -0.459. The van der Waals surface area contributed by atoms with Crippen LogP contribution in [-0.2, 0) is 22.7 Å². The minimum absolute atomic E-state index is 0.0364. The van der Waals surface area contributed by atoms with E-state index in [1.807, 2.05) is 54.6 Å². The van der Waals surface area contributed by atoms with Crippen LogP contribution in [0.3, 0.4) is 0 Å². The third-order valence-corrected chi connectivity index (χ3v) is 6.66. The number of rotatable bonds is 6. The van der Waals surface area contributed by atoms with Crippen LogP contribution in [0.5, 0.6) is 0 Å². The molecule has 4 N–H and O–H groups in total. The standard InChI is InChI=1S/C25H31N3O3/c26-15-18-10-7-11-19(14-18)27-24(29)22-20-12-5-2-6-13-21(20)23(22)28-25(30)31-16-17-8-3-1-4-9-17/h1,3-4,7-11,14,20-23H,2,5-6,12-13,15-16,26H2,(H,27,29)(H,28,30)/t20-,21+,22-,23+/m0/s1. The van der Waals surface area contributed by atoms with Gasteiger partial charge in [0.2, 0.25) is 5.91 Å². The first-order chi connectivity index (χ1) is 15.2. The summed E-state index contributed by atoms with van der Waals surface area (Å²) in [7, 11) is 0. The number of amides is 2. The molecule has 2 aliphatic carbocycles. The van der Waals surface area contributed by atoms with Gasteiger partial charge in [0, 0.05) is 18.3 Å². The lowest BCUT2D eigenvalue weighted by Gasteiger charge is -2.50. The number of ether oxygens (including phenoxy) is 1. The fraction of sp³-hybridized carbons (Fsp3) is 0.440. The van der Waals surface area contributed by atoms with Gasteiger partial charge in [-0.3, -0.25) is 4.79 Å². The van der Waals surface area contributed by atoms with Crippen molar-refractivity contribution in [1.29, 1.82) is 0 Å². The van der Waals surface area contributed by atoms with Crippen molar-refractivity contribution >= 4 is 17.7 Å². The van der Waals surface area contributed by atoms with Crippen molar-refractivity contribution in [1.82, 2.24) is 5.32 Å². The van der Waals surface area contributed by atoms with Crippen molar-refractivity contribution in [3.05, 3.63) is 65.7 Å². The monoisotopic (exact) mass is 421 g/mol. The number of alkyl carbamates (subject to hydrolysis) is 1. The molecule has 31 heavy (non-hydrogen) atoms. The molecule has 0 bridgehead atoms. The second kappa shape index (κ2) is 9.96. The number of hydrogen-bond donors (Lipinski definition) is 3. The predicted octanol–water partition coefficient (Wildman–Crippen LogP) is 4.21. The molecule has 2 aliphatic rings. The van der Waals surface area contributed by atoms with Crippen molar-refractivity contribution in [2.24, 2.45) is 23.5 Å². The van der Waals surface area contributed by atoms with Crippen molar-refractivity contribution in [2.45, 2.75) is 51.3 Å². The molecule has 0 radical (unpaired) electrons. The Morgan fingerprint density at radius 1 is 0.935 bits per heavy atom. The average molecular weight is 422 g/mol. The van der Waals surface area contributed by atoms with Gasteiger partial charge in [-0.1, -0.05) is 61.7 Å². The number of nitrogens with one attached hydrogen (secondary N) is 2.